The molecule has 1 amide bonds. The van der Waals surface area contributed by atoms with Gasteiger partial charge in [-0.1, -0.05) is 19.6 Å². The summed E-state index contributed by atoms with van der Waals surface area (Å²) in [5.74, 6) is -2.48. The third-order valence-corrected chi connectivity index (χ3v) is 7.40. The van der Waals surface area contributed by atoms with Crippen LogP contribution in [-0.4, -0.2) is 60.7 Å². The smallest absolute Gasteiger partial charge is 0.247 e. The monoisotopic (exact) mass is 562 g/mol. The maximum absolute atomic E-state index is 14.7. The van der Waals surface area contributed by atoms with Crippen LogP contribution < -0.4 is 15.0 Å². The van der Waals surface area contributed by atoms with Gasteiger partial charge in [0.05, 0.1) is 12.7 Å². The molecular formula is C31H32F2N4O4. The van der Waals surface area contributed by atoms with E-state index in [1.165, 1.54) is 19.3 Å². The van der Waals surface area contributed by atoms with Crippen molar-refractivity contribution in [1.29, 1.82) is 0 Å². The van der Waals surface area contributed by atoms with Crippen LogP contribution in [-0.2, 0) is 11.2 Å². The summed E-state index contributed by atoms with van der Waals surface area (Å²) in [4.78, 5) is 21.6. The second-order valence-electron chi connectivity index (χ2n) is 9.85. The number of anilines is 2. The Morgan fingerprint density at radius 3 is 2.66 bits per heavy atom. The number of methoxy groups -OCH3 is 1. The first kappa shape index (κ1) is 28.3. The lowest BCUT2D eigenvalue weighted by atomic mass is 10.0. The highest BCUT2D eigenvalue weighted by Crippen LogP contribution is 2.34. The fourth-order valence-electron chi connectivity index (χ4n) is 5.05. The van der Waals surface area contributed by atoms with Crippen LogP contribution in [0.25, 0.3) is 11.1 Å². The van der Waals surface area contributed by atoms with E-state index in [1.807, 2.05) is 18.2 Å². The number of aliphatic hydroxyl groups is 1. The zero-order valence-electron chi connectivity index (χ0n) is 23.0. The van der Waals surface area contributed by atoms with Gasteiger partial charge in [-0.3, -0.25) is 4.79 Å². The van der Waals surface area contributed by atoms with Gasteiger partial charge >= 0.3 is 0 Å². The first-order chi connectivity index (χ1) is 19.8. The van der Waals surface area contributed by atoms with E-state index < -0.39 is 23.3 Å². The fraction of sp³-hybridized carbons (Fsp3) is 0.290. The number of hydrogen-bond acceptors (Lipinski definition) is 7. The predicted molar refractivity (Wildman–Crippen MR) is 153 cm³/mol. The van der Waals surface area contributed by atoms with Gasteiger partial charge in [0, 0.05) is 55.7 Å². The summed E-state index contributed by atoms with van der Waals surface area (Å²) in [5.41, 5.74) is 3.43. The number of ether oxygens (including phenoxy) is 1. The predicted octanol–water partition coefficient (Wildman–Crippen LogP) is 5.05. The molecule has 41 heavy (non-hydrogen) atoms. The molecule has 0 radical (unpaired) electrons. The molecule has 1 atom stereocenters. The first-order valence-electron chi connectivity index (χ1n) is 13.4. The molecule has 214 valence electrons. The maximum Gasteiger partial charge on any atom is 0.247 e. The Hall–Kier alpha value is -4.28. The van der Waals surface area contributed by atoms with Gasteiger partial charge in [0.1, 0.15) is 23.2 Å². The molecule has 0 saturated carbocycles. The molecule has 1 unspecified atom stereocenters. The summed E-state index contributed by atoms with van der Waals surface area (Å²) in [6, 6.07) is 13.1. The minimum atomic E-state index is -1.70. The van der Waals surface area contributed by atoms with Crippen molar-refractivity contribution in [2.75, 3.05) is 50.1 Å². The van der Waals surface area contributed by atoms with Crippen LogP contribution in [0.15, 0.2) is 65.6 Å². The highest BCUT2D eigenvalue weighted by Gasteiger charge is 2.26. The van der Waals surface area contributed by atoms with Crippen LogP contribution in [0.5, 0.6) is 5.75 Å². The number of hydrogen-bond donors (Lipinski definition) is 2. The second-order valence-corrected chi connectivity index (χ2v) is 9.85. The molecule has 0 aliphatic carbocycles. The average Bonchev–Trinajstić information content (AvgIpc) is 3.42. The summed E-state index contributed by atoms with van der Waals surface area (Å²) in [6.07, 6.45) is -0.0720. The molecule has 2 aromatic heterocycles. The molecule has 1 fully saturated rings. The highest BCUT2D eigenvalue weighted by atomic mass is 19.1. The number of nitrogens with zero attached hydrogens (tertiary/aromatic N) is 3. The van der Waals surface area contributed by atoms with E-state index in [0.29, 0.717) is 28.9 Å². The Balaban J connectivity index is 1.41. The Morgan fingerprint density at radius 1 is 1.17 bits per heavy atom. The number of amides is 1. The molecule has 1 aliphatic heterocycles. The number of furan rings is 1. The number of piperazine rings is 1. The Bertz CT molecular complexity index is 1580. The van der Waals surface area contributed by atoms with Crippen molar-refractivity contribution in [3.8, 4) is 5.75 Å². The van der Waals surface area contributed by atoms with Crippen molar-refractivity contribution in [2.45, 2.75) is 19.4 Å². The van der Waals surface area contributed by atoms with Crippen molar-refractivity contribution in [3.63, 3.8) is 0 Å². The van der Waals surface area contributed by atoms with E-state index in [1.54, 1.807) is 12.1 Å². The number of benzene rings is 2. The molecule has 1 saturated heterocycles. The number of fused-ring (bicyclic) bond motifs is 1. The van der Waals surface area contributed by atoms with Crippen LogP contribution in [0, 0.1) is 11.6 Å². The lowest BCUT2D eigenvalue weighted by Crippen LogP contribution is -2.46. The third kappa shape index (κ3) is 5.94. The number of carbonyl (C=O) groups is 1. The molecule has 4 aromatic rings. The Kier molecular flexibility index (Phi) is 8.32. The lowest BCUT2D eigenvalue weighted by molar-refractivity contribution is -0.111. The summed E-state index contributed by atoms with van der Waals surface area (Å²) < 4.78 is 39.8. The number of rotatable bonds is 9. The first-order valence-corrected chi connectivity index (χ1v) is 13.4. The molecule has 2 N–H and O–H groups in total. The Labute approximate surface area is 236 Å². The number of halogens is 2. The van der Waals surface area contributed by atoms with Crippen LogP contribution in [0.4, 0.5) is 20.2 Å². The SMILES string of the molecule is C=CC(=O)Nc1cc(N2CCN(CC)CC2)ccc1Cc1ccc2oc(C(O)c3c(F)ccc(OC)c3F)cc2n1. The van der Waals surface area contributed by atoms with E-state index >= 15 is 0 Å². The topological polar surface area (TPSA) is 91.1 Å². The van der Waals surface area contributed by atoms with Crippen LogP contribution in [0.1, 0.15) is 35.6 Å². The van der Waals surface area contributed by atoms with Crippen molar-refractivity contribution < 1.29 is 27.8 Å². The minimum Gasteiger partial charge on any atom is -0.494 e. The summed E-state index contributed by atoms with van der Waals surface area (Å²) in [5, 5.41) is 13.7. The molecule has 8 nitrogen and oxygen atoms in total. The van der Waals surface area contributed by atoms with Crippen LogP contribution in [0.3, 0.4) is 0 Å². The van der Waals surface area contributed by atoms with Gasteiger partial charge in [0.15, 0.2) is 17.1 Å². The number of carbonyl (C=O) groups excluding carboxylic acids is 1. The average molecular weight is 563 g/mol. The van der Waals surface area contributed by atoms with E-state index in [4.69, 9.17) is 9.15 Å². The molecule has 5 rings (SSSR count). The Morgan fingerprint density at radius 2 is 1.95 bits per heavy atom. The third-order valence-electron chi connectivity index (χ3n) is 7.40. The number of aromatic nitrogens is 1. The van der Waals surface area contributed by atoms with Gasteiger partial charge in [-0.05, 0) is 54.6 Å². The normalized spacial score (nSPS) is 14.7. The highest BCUT2D eigenvalue weighted by molar-refractivity contribution is 5.99. The van der Waals surface area contributed by atoms with E-state index in [9.17, 15) is 18.7 Å². The minimum absolute atomic E-state index is 0.0536. The van der Waals surface area contributed by atoms with Crippen molar-refractivity contribution in [2.24, 2.45) is 0 Å². The van der Waals surface area contributed by atoms with Crippen molar-refractivity contribution in [1.82, 2.24) is 9.88 Å². The van der Waals surface area contributed by atoms with Crippen molar-refractivity contribution in [3.05, 3.63) is 95.4 Å². The van der Waals surface area contributed by atoms with Gasteiger partial charge < -0.3 is 29.4 Å². The largest absolute Gasteiger partial charge is 0.494 e. The molecular weight excluding hydrogens is 530 g/mol. The van der Waals surface area contributed by atoms with Crippen molar-refractivity contribution >= 4 is 28.4 Å². The lowest BCUT2D eigenvalue weighted by Gasteiger charge is -2.35. The molecule has 2 aromatic carbocycles. The van der Waals surface area contributed by atoms with Gasteiger partial charge in [-0.25, -0.2) is 13.8 Å². The molecule has 0 bridgehead atoms. The van der Waals surface area contributed by atoms with Gasteiger partial charge in [-0.15, -0.1) is 0 Å². The van der Waals surface area contributed by atoms with E-state index in [-0.39, 0.29) is 17.4 Å². The maximum atomic E-state index is 14.7. The summed E-state index contributed by atoms with van der Waals surface area (Å²) in [7, 11) is 1.26. The number of nitrogens with one attached hydrogen (secondary N) is 1. The van der Waals surface area contributed by atoms with Gasteiger partial charge in [-0.2, -0.15) is 0 Å². The molecule has 10 heteroatoms. The van der Waals surface area contributed by atoms with E-state index in [2.05, 4.69) is 33.6 Å². The zero-order valence-corrected chi connectivity index (χ0v) is 23.0. The van der Waals surface area contributed by atoms with Gasteiger partial charge in [0.2, 0.25) is 5.91 Å². The van der Waals surface area contributed by atoms with Crippen LogP contribution >= 0.6 is 0 Å². The zero-order chi connectivity index (χ0) is 29.1. The fourth-order valence-corrected chi connectivity index (χ4v) is 5.05. The van der Waals surface area contributed by atoms with E-state index in [0.717, 1.165) is 56.1 Å². The summed E-state index contributed by atoms with van der Waals surface area (Å²) in [6.45, 7) is 10.5. The molecule has 1 aliphatic rings. The standard InChI is InChI=1S/C31H32F2N4O4/c1-4-28(38)35-23-17-21(37-14-12-36(5-2)13-15-37)8-6-19(23)16-20-7-10-25-24(34-20)18-27(41-25)31(39)29-22(32)9-11-26(40-3)30(29)33/h4,6-11,17-18,31,39H,1,5,12-16H2,2-3H3,(H,35,38). The second kappa shape index (κ2) is 12.1. The van der Waals surface area contributed by atoms with Crippen LogP contribution in [0.2, 0.25) is 0 Å². The molecule has 0 spiro atoms. The molecule has 3 heterocycles. The quantitative estimate of drug-likeness (QED) is 0.276. The number of pyridine rings is 1. The number of aliphatic hydroxyl groups excluding tert-OH is 1. The summed E-state index contributed by atoms with van der Waals surface area (Å²) >= 11 is 0. The van der Waals surface area contributed by atoms with Gasteiger partial charge in [0.25, 0.3) is 0 Å². The number of likely N-dealkylation sites (N-methyl/N-ethyl adjacent to an activating group) is 1.